The Morgan fingerprint density at radius 1 is 1.14 bits per heavy atom. The number of rotatable bonds is 4. The number of alkyl halides is 3. The molecule has 10 heteroatoms. The summed E-state index contributed by atoms with van der Waals surface area (Å²) in [4.78, 5) is 39.4. The summed E-state index contributed by atoms with van der Waals surface area (Å²) in [5.74, 6) is -0.924. The van der Waals surface area contributed by atoms with E-state index in [1.807, 2.05) is 0 Å². The lowest BCUT2D eigenvalue weighted by atomic mass is 10.0. The summed E-state index contributed by atoms with van der Waals surface area (Å²) in [5, 5.41) is 5.31. The molecule has 152 valence electrons. The Kier molecular flexibility index (Phi) is 5.87. The lowest BCUT2D eigenvalue weighted by Crippen LogP contribution is -2.57. The van der Waals surface area contributed by atoms with Crippen molar-refractivity contribution in [2.75, 3.05) is 32.7 Å². The van der Waals surface area contributed by atoms with E-state index in [1.165, 1.54) is 11.0 Å². The third-order valence-electron chi connectivity index (χ3n) is 4.84. The van der Waals surface area contributed by atoms with Gasteiger partial charge in [-0.25, -0.2) is 0 Å². The summed E-state index contributed by atoms with van der Waals surface area (Å²) in [7, 11) is 0. The molecule has 2 saturated heterocycles. The van der Waals surface area contributed by atoms with Gasteiger partial charge in [-0.1, -0.05) is 18.2 Å². The van der Waals surface area contributed by atoms with E-state index in [-0.39, 0.29) is 37.2 Å². The first-order valence-corrected chi connectivity index (χ1v) is 8.96. The number of piperazine rings is 2. The summed E-state index contributed by atoms with van der Waals surface area (Å²) in [6, 6.07) is 4.15. The van der Waals surface area contributed by atoms with Gasteiger partial charge >= 0.3 is 6.18 Å². The van der Waals surface area contributed by atoms with Crippen LogP contribution in [0.25, 0.3) is 0 Å². The molecule has 7 nitrogen and oxygen atoms in total. The van der Waals surface area contributed by atoms with Crippen molar-refractivity contribution >= 4 is 17.7 Å². The zero-order valence-corrected chi connectivity index (χ0v) is 15.1. The van der Waals surface area contributed by atoms with Gasteiger partial charge in [0, 0.05) is 32.7 Å². The van der Waals surface area contributed by atoms with Crippen molar-refractivity contribution < 1.29 is 27.6 Å². The molecule has 3 amide bonds. The molecule has 1 unspecified atom stereocenters. The van der Waals surface area contributed by atoms with E-state index in [1.54, 1.807) is 11.0 Å². The molecule has 0 radical (unpaired) electrons. The van der Waals surface area contributed by atoms with Gasteiger partial charge in [0.15, 0.2) is 0 Å². The third kappa shape index (κ3) is 4.80. The molecule has 0 aromatic heterocycles. The van der Waals surface area contributed by atoms with E-state index in [9.17, 15) is 27.6 Å². The number of carbonyl (C=O) groups is 3. The van der Waals surface area contributed by atoms with Crippen molar-refractivity contribution in [3.05, 3.63) is 35.4 Å². The van der Waals surface area contributed by atoms with Crippen LogP contribution in [0.5, 0.6) is 0 Å². The second kappa shape index (κ2) is 8.17. The van der Waals surface area contributed by atoms with Crippen LogP contribution in [0.15, 0.2) is 24.3 Å². The van der Waals surface area contributed by atoms with E-state index >= 15 is 0 Å². The minimum atomic E-state index is -4.44. The van der Waals surface area contributed by atoms with Crippen LogP contribution in [-0.4, -0.2) is 66.3 Å². The highest BCUT2D eigenvalue weighted by Crippen LogP contribution is 2.30. The zero-order valence-electron chi connectivity index (χ0n) is 15.1. The Morgan fingerprint density at radius 3 is 2.61 bits per heavy atom. The monoisotopic (exact) mass is 398 g/mol. The first-order valence-electron chi connectivity index (χ1n) is 8.96. The first kappa shape index (κ1) is 20.1. The molecule has 2 heterocycles. The van der Waals surface area contributed by atoms with Crippen molar-refractivity contribution in [3.63, 3.8) is 0 Å². The topological polar surface area (TPSA) is 81.8 Å². The average molecular weight is 398 g/mol. The second-order valence-corrected chi connectivity index (χ2v) is 6.84. The highest BCUT2D eigenvalue weighted by molar-refractivity contribution is 5.91. The van der Waals surface area contributed by atoms with Crippen LogP contribution in [-0.2, 0) is 27.1 Å². The number of amides is 3. The fourth-order valence-electron chi connectivity index (χ4n) is 3.40. The Bertz CT molecular complexity index is 769. The van der Waals surface area contributed by atoms with Gasteiger partial charge in [0.1, 0.15) is 0 Å². The van der Waals surface area contributed by atoms with E-state index < -0.39 is 17.8 Å². The maximum Gasteiger partial charge on any atom is 0.416 e. The Labute approximate surface area is 159 Å². The van der Waals surface area contributed by atoms with Crippen LogP contribution in [0, 0.1) is 0 Å². The smallest absolute Gasteiger partial charge is 0.353 e. The lowest BCUT2D eigenvalue weighted by molar-refractivity contribution is -0.142. The molecule has 0 aliphatic carbocycles. The molecule has 1 aromatic rings. The van der Waals surface area contributed by atoms with Crippen molar-refractivity contribution in [1.29, 1.82) is 0 Å². The van der Waals surface area contributed by atoms with E-state index in [0.29, 0.717) is 31.7 Å². The molecule has 1 aromatic carbocycles. The van der Waals surface area contributed by atoms with Crippen molar-refractivity contribution in [1.82, 2.24) is 20.4 Å². The van der Waals surface area contributed by atoms with E-state index in [0.717, 1.165) is 12.1 Å². The molecule has 0 saturated carbocycles. The summed E-state index contributed by atoms with van der Waals surface area (Å²) in [6.45, 7) is 1.56. The first-order chi connectivity index (χ1) is 13.2. The van der Waals surface area contributed by atoms with Crippen LogP contribution in [0.4, 0.5) is 13.2 Å². The van der Waals surface area contributed by atoms with Gasteiger partial charge in [0.25, 0.3) is 0 Å². The van der Waals surface area contributed by atoms with Crippen molar-refractivity contribution in [2.45, 2.75) is 25.2 Å². The normalized spacial score (nSPS) is 21.2. The lowest BCUT2D eigenvalue weighted by Gasteiger charge is -2.36. The minimum absolute atomic E-state index is 0.0548. The molecule has 0 bridgehead atoms. The fraction of sp³-hybridized carbons (Fsp3) is 0.500. The summed E-state index contributed by atoms with van der Waals surface area (Å²) >= 11 is 0. The van der Waals surface area contributed by atoms with Crippen molar-refractivity contribution in [3.8, 4) is 0 Å². The molecular formula is C18H21F3N4O3. The maximum atomic E-state index is 12.9. The fourth-order valence-corrected chi connectivity index (χ4v) is 3.40. The van der Waals surface area contributed by atoms with Crippen LogP contribution in [0.1, 0.15) is 17.5 Å². The van der Waals surface area contributed by atoms with Gasteiger partial charge in [0.2, 0.25) is 17.7 Å². The standard InChI is InChI=1S/C18H21F3N4O3/c19-18(20,21)13-3-1-2-12(8-13)10-24-6-5-23-17(28)14(24)9-16(27)25-7-4-22-15(26)11-25/h1-3,8,14H,4-7,9-11H2,(H,22,26)(H,23,28). The van der Waals surface area contributed by atoms with Gasteiger partial charge < -0.3 is 15.5 Å². The molecule has 2 N–H and O–H groups in total. The molecule has 1 atom stereocenters. The molecule has 3 rings (SSSR count). The van der Waals surface area contributed by atoms with Crippen molar-refractivity contribution in [2.24, 2.45) is 0 Å². The Hall–Kier alpha value is -2.62. The number of hydrogen-bond acceptors (Lipinski definition) is 4. The van der Waals surface area contributed by atoms with E-state index in [2.05, 4.69) is 10.6 Å². The largest absolute Gasteiger partial charge is 0.416 e. The predicted molar refractivity (Wildman–Crippen MR) is 92.9 cm³/mol. The van der Waals surface area contributed by atoms with Crippen LogP contribution >= 0.6 is 0 Å². The van der Waals surface area contributed by atoms with Gasteiger partial charge in [-0.05, 0) is 11.6 Å². The third-order valence-corrected chi connectivity index (χ3v) is 4.84. The number of nitrogens with one attached hydrogen (secondary N) is 2. The minimum Gasteiger partial charge on any atom is -0.353 e. The molecule has 2 aliphatic rings. The van der Waals surface area contributed by atoms with Gasteiger partial charge in [-0.3, -0.25) is 19.3 Å². The van der Waals surface area contributed by atoms with Crippen LogP contribution in [0.3, 0.4) is 0 Å². The van der Waals surface area contributed by atoms with Gasteiger partial charge in [-0.2, -0.15) is 13.2 Å². The molecule has 28 heavy (non-hydrogen) atoms. The number of halogens is 3. The number of nitrogens with zero attached hydrogens (tertiary/aromatic N) is 2. The number of carbonyl (C=O) groups excluding carboxylic acids is 3. The SMILES string of the molecule is O=C1CN(C(=O)CC2C(=O)NCCN2Cc2cccc(C(F)(F)F)c2)CCN1. The van der Waals surface area contributed by atoms with Gasteiger partial charge in [-0.15, -0.1) is 0 Å². The highest BCUT2D eigenvalue weighted by atomic mass is 19.4. The predicted octanol–water partition coefficient (Wildman–Crippen LogP) is 0.354. The molecule has 2 fully saturated rings. The molecule has 0 spiro atoms. The summed E-state index contributed by atoms with van der Waals surface area (Å²) in [5.41, 5.74) is -0.335. The van der Waals surface area contributed by atoms with Crippen LogP contribution in [0.2, 0.25) is 0 Å². The quantitative estimate of drug-likeness (QED) is 0.767. The zero-order chi connectivity index (χ0) is 20.3. The maximum absolute atomic E-state index is 12.9. The summed E-state index contributed by atoms with van der Waals surface area (Å²) < 4.78 is 38.8. The highest BCUT2D eigenvalue weighted by Gasteiger charge is 2.35. The molecule has 2 aliphatic heterocycles. The Balaban J connectivity index is 1.71. The summed E-state index contributed by atoms with van der Waals surface area (Å²) in [6.07, 6.45) is -4.57. The van der Waals surface area contributed by atoms with E-state index in [4.69, 9.17) is 0 Å². The van der Waals surface area contributed by atoms with Gasteiger partial charge in [0.05, 0.1) is 24.6 Å². The Morgan fingerprint density at radius 2 is 1.89 bits per heavy atom. The number of hydrogen-bond donors (Lipinski definition) is 2. The molecular weight excluding hydrogens is 377 g/mol. The number of benzene rings is 1. The average Bonchev–Trinajstić information content (AvgIpc) is 2.64. The van der Waals surface area contributed by atoms with Crippen LogP contribution < -0.4 is 10.6 Å². The second-order valence-electron chi connectivity index (χ2n) is 6.84.